The standard InChI is InChI=1S/C12H21N3/c1-3-10-5-6-12(14-7-10)15-8-11(9-15)13-4-2/h5-7,11-14H,3-4,8-9H2,1-2H3. The van der Waals surface area contributed by atoms with Gasteiger partial charge in [-0.3, -0.25) is 4.90 Å². The molecule has 1 unspecified atom stereocenters. The molecule has 3 heteroatoms. The lowest BCUT2D eigenvalue weighted by Gasteiger charge is -2.44. The van der Waals surface area contributed by atoms with Crippen LogP contribution in [-0.4, -0.2) is 36.7 Å². The van der Waals surface area contributed by atoms with Gasteiger partial charge in [0.1, 0.15) is 0 Å². The first-order valence-electron chi connectivity index (χ1n) is 5.94. The van der Waals surface area contributed by atoms with Crippen molar-refractivity contribution in [3.8, 4) is 0 Å². The van der Waals surface area contributed by atoms with Crippen LogP contribution in [0.4, 0.5) is 0 Å². The Labute approximate surface area is 92.2 Å². The Morgan fingerprint density at radius 1 is 1.47 bits per heavy atom. The molecule has 0 radical (unpaired) electrons. The summed E-state index contributed by atoms with van der Waals surface area (Å²) in [5, 5.41) is 6.90. The second-order valence-corrected chi connectivity index (χ2v) is 4.25. The zero-order valence-corrected chi connectivity index (χ0v) is 9.66. The van der Waals surface area contributed by atoms with E-state index >= 15 is 0 Å². The van der Waals surface area contributed by atoms with Crippen LogP contribution in [0.2, 0.25) is 0 Å². The van der Waals surface area contributed by atoms with E-state index in [2.05, 4.69) is 47.7 Å². The maximum atomic E-state index is 3.46. The van der Waals surface area contributed by atoms with Crippen LogP contribution in [0.1, 0.15) is 20.3 Å². The van der Waals surface area contributed by atoms with Gasteiger partial charge in [0, 0.05) is 25.3 Å². The first-order chi connectivity index (χ1) is 7.33. The van der Waals surface area contributed by atoms with E-state index < -0.39 is 0 Å². The smallest absolute Gasteiger partial charge is 0.0986 e. The first kappa shape index (κ1) is 10.7. The lowest BCUT2D eigenvalue weighted by Crippen LogP contribution is -2.63. The maximum Gasteiger partial charge on any atom is 0.0986 e. The van der Waals surface area contributed by atoms with Gasteiger partial charge >= 0.3 is 0 Å². The Bertz CT molecular complexity index is 264. The van der Waals surface area contributed by atoms with Gasteiger partial charge in [0.2, 0.25) is 0 Å². The van der Waals surface area contributed by atoms with E-state index in [4.69, 9.17) is 0 Å². The van der Waals surface area contributed by atoms with Crippen LogP contribution in [0.5, 0.6) is 0 Å². The highest BCUT2D eigenvalue weighted by Crippen LogP contribution is 2.16. The fraction of sp³-hybridized carbons (Fsp3) is 0.667. The Morgan fingerprint density at radius 3 is 2.80 bits per heavy atom. The van der Waals surface area contributed by atoms with Crippen molar-refractivity contribution in [1.82, 2.24) is 15.5 Å². The second-order valence-electron chi connectivity index (χ2n) is 4.25. The summed E-state index contributed by atoms with van der Waals surface area (Å²) in [6, 6.07) is 0.696. The fourth-order valence-electron chi connectivity index (χ4n) is 2.12. The lowest BCUT2D eigenvalue weighted by molar-refractivity contribution is 0.0877. The first-order valence-corrected chi connectivity index (χ1v) is 5.94. The molecule has 0 bridgehead atoms. The van der Waals surface area contributed by atoms with Gasteiger partial charge in [-0.25, -0.2) is 0 Å². The van der Waals surface area contributed by atoms with Crippen molar-refractivity contribution in [1.29, 1.82) is 0 Å². The van der Waals surface area contributed by atoms with Crippen molar-refractivity contribution >= 4 is 0 Å². The Morgan fingerprint density at radius 2 is 2.27 bits per heavy atom. The van der Waals surface area contributed by atoms with Gasteiger partial charge in [-0.15, -0.1) is 0 Å². The zero-order valence-electron chi connectivity index (χ0n) is 9.66. The predicted octanol–water partition coefficient (Wildman–Crippen LogP) is 1.06. The summed E-state index contributed by atoms with van der Waals surface area (Å²) in [5.41, 5.74) is 1.38. The summed E-state index contributed by atoms with van der Waals surface area (Å²) in [5.74, 6) is 0. The Balaban J connectivity index is 1.75. The van der Waals surface area contributed by atoms with Crippen LogP contribution in [0.25, 0.3) is 0 Å². The molecule has 1 saturated heterocycles. The SMILES string of the molecule is CCNC1CN(C2C=CC(CC)=CN2)C1. The van der Waals surface area contributed by atoms with E-state index in [-0.39, 0.29) is 0 Å². The molecule has 0 amide bonds. The van der Waals surface area contributed by atoms with Gasteiger partial charge in [0.15, 0.2) is 0 Å². The molecule has 0 saturated carbocycles. The number of rotatable bonds is 4. The number of likely N-dealkylation sites (tertiary alicyclic amines) is 1. The topological polar surface area (TPSA) is 27.3 Å². The van der Waals surface area contributed by atoms with Gasteiger partial charge in [-0.1, -0.05) is 19.9 Å². The highest BCUT2D eigenvalue weighted by Gasteiger charge is 2.30. The maximum absolute atomic E-state index is 3.46. The summed E-state index contributed by atoms with van der Waals surface area (Å²) in [4.78, 5) is 2.45. The number of hydrogen-bond acceptors (Lipinski definition) is 3. The Kier molecular flexibility index (Phi) is 3.44. The van der Waals surface area contributed by atoms with Crippen LogP contribution >= 0.6 is 0 Å². The van der Waals surface area contributed by atoms with Crippen molar-refractivity contribution in [2.45, 2.75) is 32.5 Å². The van der Waals surface area contributed by atoms with E-state index in [0.717, 1.165) is 26.1 Å². The molecule has 2 aliphatic heterocycles. The van der Waals surface area contributed by atoms with Crippen molar-refractivity contribution in [2.24, 2.45) is 0 Å². The van der Waals surface area contributed by atoms with Gasteiger partial charge in [-0.2, -0.15) is 0 Å². The molecule has 0 aromatic rings. The second kappa shape index (κ2) is 4.81. The quantitative estimate of drug-likeness (QED) is 0.722. The summed E-state index contributed by atoms with van der Waals surface area (Å²) in [6.07, 6.45) is 8.17. The van der Waals surface area contributed by atoms with Crippen molar-refractivity contribution in [3.05, 3.63) is 23.9 Å². The third-order valence-electron chi connectivity index (χ3n) is 3.14. The van der Waals surface area contributed by atoms with Crippen LogP contribution in [0.15, 0.2) is 23.9 Å². The predicted molar refractivity (Wildman–Crippen MR) is 63.5 cm³/mol. The van der Waals surface area contributed by atoms with Gasteiger partial charge in [0.25, 0.3) is 0 Å². The molecule has 0 aromatic heterocycles. The fourth-order valence-corrected chi connectivity index (χ4v) is 2.12. The van der Waals surface area contributed by atoms with Gasteiger partial charge < -0.3 is 10.6 Å². The summed E-state index contributed by atoms with van der Waals surface area (Å²) in [7, 11) is 0. The summed E-state index contributed by atoms with van der Waals surface area (Å²) < 4.78 is 0. The molecular formula is C12H21N3. The van der Waals surface area contributed by atoms with E-state index in [1.54, 1.807) is 0 Å². The number of dihydropyridines is 1. The Hall–Kier alpha value is -0.800. The molecule has 0 aromatic carbocycles. The number of likely N-dealkylation sites (N-methyl/N-ethyl adjacent to an activating group) is 1. The number of hydrogen-bond donors (Lipinski definition) is 2. The molecule has 2 aliphatic rings. The number of nitrogens with zero attached hydrogens (tertiary/aromatic N) is 1. The minimum atomic E-state index is 0.412. The lowest BCUT2D eigenvalue weighted by atomic mass is 10.1. The molecule has 2 N–H and O–H groups in total. The highest BCUT2D eigenvalue weighted by atomic mass is 15.3. The molecule has 0 aliphatic carbocycles. The molecule has 2 rings (SSSR count). The number of nitrogens with one attached hydrogen (secondary N) is 2. The van der Waals surface area contributed by atoms with Gasteiger partial charge in [0.05, 0.1) is 6.17 Å². The summed E-state index contributed by atoms with van der Waals surface area (Å²) in [6.45, 7) is 7.74. The largest absolute Gasteiger partial charge is 0.372 e. The van der Waals surface area contributed by atoms with Crippen molar-refractivity contribution in [3.63, 3.8) is 0 Å². The monoisotopic (exact) mass is 207 g/mol. The third-order valence-corrected chi connectivity index (χ3v) is 3.14. The molecule has 0 spiro atoms. The number of allylic oxidation sites excluding steroid dienone is 2. The van der Waals surface area contributed by atoms with Crippen molar-refractivity contribution in [2.75, 3.05) is 19.6 Å². The van der Waals surface area contributed by atoms with E-state index in [1.807, 2.05) is 0 Å². The average Bonchev–Trinajstić information content (AvgIpc) is 2.23. The third kappa shape index (κ3) is 2.41. The van der Waals surface area contributed by atoms with Gasteiger partial charge in [-0.05, 0) is 24.6 Å². The van der Waals surface area contributed by atoms with E-state index in [0.29, 0.717) is 12.2 Å². The van der Waals surface area contributed by atoms with Crippen LogP contribution in [-0.2, 0) is 0 Å². The molecular weight excluding hydrogens is 186 g/mol. The van der Waals surface area contributed by atoms with E-state index in [1.165, 1.54) is 5.57 Å². The molecule has 2 heterocycles. The van der Waals surface area contributed by atoms with Crippen LogP contribution in [0, 0.1) is 0 Å². The molecule has 1 atom stereocenters. The zero-order chi connectivity index (χ0) is 10.7. The molecule has 3 nitrogen and oxygen atoms in total. The molecule has 15 heavy (non-hydrogen) atoms. The minimum absolute atomic E-state index is 0.412. The normalized spacial score (nSPS) is 27.1. The highest BCUT2D eigenvalue weighted by molar-refractivity contribution is 5.23. The van der Waals surface area contributed by atoms with Crippen LogP contribution in [0.3, 0.4) is 0 Å². The average molecular weight is 207 g/mol. The summed E-state index contributed by atoms with van der Waals surface area (Å²) >= 11 is 0. The molecule has 1 fully saturated rings. The van der Waals surface area contributed by atoms with Crippen molar-refractivity contribution < 1.29 is 0 Å². The van der Waals surface area contributed by atoms with Crippen LogP contribution < -0.4 is 10.6 Å². The molecule has 84 valence electrons. The minimum Gasteiger partial charge on any atom is -0.372 e. The van der Waals surface area contributed by atoms with E-state index in [9.17, 15) is 0 Å².